The fourth-order valence-electron chi connectivity index (χ4n) is 1.24. The molecular weight excluding hydrogens is 204 g/mol. The Morgan fingerprint density at radius 2 is 2.07 bits per heavy atom. The van der Waals surface area contributed by atoms with Crippen LogP contribution >= 0.6 is 11.3 Å². The van der Waals surface area contributed by atoms with Crippen LogP contribution in [0, 0.1) is 0 Å². The number of hydrogen-bond donors (Lipinski definition) is 0. The van der Waals surface area contributed by atoms with E-state index in [0.29, 0.717) is 0 Å². The van der Waals surface area contributed by atoms with Gasteiger partial charge in [-0.25, -0.2) is 4.98 Å². The number of nitrogens with zero attached hydrogens (tertiary/aromatic N) is 2. The van der Waals surface area contributed by atoms with Gasteiger partial charge in [0, 0.05) is 28.8 Å². The zero-order valence-electron chi connectivity index (χ0n) is 9.19. The van der Waals surface area contributed by atoms with Gasteiger partial charge in [-0.05, 0) is 12.1 Å². The van der Waals surface area contributed by atoms with Gasteiger partial charge in [0.05, 0.1) is 5.69 Å². The quantitative estimate of drug-likeness (QED) is 0.732. The van der Waals surface area contributed by atoms with Crippen molar-refractivity contribution in [1.82, 2.24) is 9.97 Å². The Morgan fingerprint density at radius 3 is 2.60 bits per heavy atom. The van der Waals surface area contributed by atoms with Gasteiger partial charge in [0.25, 0.3) is 0 Å². The van der Waals surface area contributed by atoms with Crippen molar-refractivity contribution in [2.24, 2.45) is 0 Å². The van der Waals surface area contributed by atoms with Gasteiger partial charge in [-0.2, -0.15) is 0 Å². The van der Waals surface area contributed by atoms with E-state index in [-0.39, 0.29) is 5.41 Å². The molecule has 2 aromatic rings. The van der Waals surface area contributed by atoms with E-state index in [9.17, 15) is 0 Å². The number of pyridine rings is 1. The lowest BCUT2D eigenvalue weighted by Gasteiger charge is -2.14. The normalized spacial score (nSPS) is 11.7. The summed E-state index contributed by atoms with van der Waals surface area (Å²) in [5.74, 6) is 0. The summed E-state index contributed by atoms with van der Waals surface area (Å²) >= 11 is 1.68. The van der Waals surface area contributed by atoms with Gasteiger partial charge in [-0.3, -0.25) is 4.98 Å². The van der Waals surface area contributed by atoms with Crippen LogP contribution < -0.4 is 0 Å². The Labute approximate surface area is 94.0 Å². The molecule has 2 heterocycles. The third kappa shape index (κ3) is 2.23. The van der Waals surface area contributed by atoms with Crippen molar-refractivity contribution < 1.29 is 0 Å². The van der Waals surface area contributed by atoms with Crippen LogP contribution in [0.2, 0.25) is 0 Å². The molecule has 0 radical (unpaired) electrons. The number of aromatic nitrogens is 2. The molecule has 0 aliphatic carbocycles. The van der Waals surface area contributed by atoms with Gasteiger partial charge < -0.3 is 0 Å². The van der Waals surface area contributed by atoms with Crippen molar-refractivity contribution in [1.29, 1.82) is 0 Å². The summed E-state index contributed by atoms with van der Waals surface area (Å²) in [5, 5.41) is 3.18. The largest absolute Gasteiger partial charge is 0.264 e. The topological polar surface area (TPSA) is 25.8 Å². The summed E-state index contributed by atoms with van der Waals surface area (Å²) < 4.78 is 0. The predicted molar refractivity (Wildman–Crippen MR) is 64.0 cm³/mol. The molecule has 0 aliphatic rings. The zero-order chi connectivity index (χ0) is 10.9. The highest BCUT2D eigenvalue weighted by molar-refractivity contribution is 7.13. The maximum absolute atomic E-state index is 4.63. The molecule has 0 aromatic carbocycles. The van der Waals surface area contributed by atoms with Gasteiger partial charge >= 0.3 is 0 Å². The Kier molecular flexibility index (Phi) is 2.57. The van der Waals surface area contributed by atoms with E-state index in [2.05, 4.69) is 36.1 Å². The van der Waals surface area contributed by atoms with Gasteiger partial charge in [-0.1, -0.05) is 20.8 Å². The van der Waals surface area contributed by atoms with E-state index in [4.69, 9.17) is 0 Å². The smallest absolute Gasteiger partial charge is 0.125 e. The van der Waals surface area contributed by atoms with Crippen molar-refractivity contribution in [3.05, 3.63) is 35.6 Å². The average Bonchev–Trinajstić information content (AvgIpc) is 2.67. The van der Waals surface area contributed by atoms with Crippen LogP contribution in [0.5, 0.6) is 0 Å². The van der Waals surface area contributed by atoms with Crippen molar-refractivity contribution in [2.45, 2.75) is 26.2 Å². The second-order valence-corrected chi connectivity index (χ2v) is 5.39. The molecule has 15 heavy (non-hydrogen) atoms. The van der Waals surface area contributed by atoms with Gasteiger partial charge in [0.1, 0.15) is 5.01 Å². The van der Waals surface area contributed by atoms with E-state index in [1.54, 1.807) is 17.5 Å². The van der Waals surface area contributed by atoms with Crippen molar-refractivity contribution in [3.63, 3.8) is 0 Å². The SMILES string of the molecule is CC(C)(C)c1csc(-c2cccnc2)n1. The fourth-order valence-corrected chi connectivity index (χ4v) is 2.28. The minimum Gasteiger partial charge on any atom is -0.264 e. The minimum atomic E-state index is 0.122. The first-order chi connectivity index (χ1) is 7.07. The van der Waals surface area contributed by atoms with Crippen LogP contribution in [0.3, 0.4) is 0 Å². The highest BCUT2D eigenvalue weighted by Crippen LogP contribution is 2.28. The first-order valence-electron chi connectivity index (χ1n) is 4.94. The molecule has 78 valence electrons. The molecule has 2 rings (SSSR count). The molecule has 3 heteroatoms. The fraction of sp³-hybridized carbons (Fsp3) is 0.333. The lowest BCUT2D eigenvalue weighted by atomic mass is 9.93. The molecule has 0 spiro atoms. The Bertz CT molecular complexity index is 440. The average molecular weight is 218 g/mol. The molecule has 0 aliphatic heterocycles. The third-order valence-electron chi connectivity index (χ3n) is 2.18. The van der Waals surface area contributed by atoms with Crippen molar-refractivity contribution >= 4 is 11.3 Å². The van der Waals surface area contributed by atoms with Gasteiger partial charge in [0.15, 0.2) is 0 Å². The standard InChI is InChI=1S/C12H14N2S/c1-12(2,3)10-8-15-11(14-10)9-5-4-6-13-7-9/h4-8H,1-3H3. The summed E-state index contributed by atoms with van der Waals surface area (Å²) in [7, 11) is 0. The van der Waals surface area contributed by atoms with Crippen LogP contribution in [0.25, 0.3) is 10.6 Å². The first kappa shape index (κ1) is 10.3. The van der Waals surface area contributed by atoms with E-state index in [1.807, 2.05) is 18.3 Å². The maximum atomic E-state index is 4.63. The second-order valence-electron chi connectivity index (χ2n) is 4.53. The predicted octanol–water partition coefficient (Wildman–Crippen LogP) is 3.50. The molecule has 0 atom stereocenters. The number of rotatable bonds is 1. The highest BCUT2D eigenvalue weighted by atomic mass is 32.1. The Hall–Kier alpha value is -1.22. The molecule has 2 nitrogen and oxygen atoms in total. The summed E-state index contributed by atoms with van der Waals surface area (Å²) in [6.07, 6.45) is 3.63. The van der Waals surface area contributed by atoms with E-state index in [1.165, 1.54) is 0 Å². The Balaban J connectivity index is 2.37. The summed E-state index contributed by atoms with van der Waals surface area (Å²) in [4.78, 5) is 8.73. The van der Waals surface area contributed by atoms with E-state index < -0.39 is 0 Å². The number of hydrogen-bond acceptors (Lipinski definition) is 3. The third-order valence-corrected chi connectivity index (χ3v) is 3.07. The summed E-state index contributed by atoms with van der Waals surface area (Å²) in [6.45, 7) is 6.53. The van der Waals surface area contributed by atoms with Gasteiger partial charge in [0.2, 0.25) is 0 Å². The zero-order valence-corrected chi connectivity index (χ0v) is 10.0. The van der Waals surface area contributed by atoms with Crippen LogP contribution in [-0.4, -0.2) is 9.97 Å². The van der Waals surface area contributed by atoms with Crippen molar-refractivity contribution in [2.75, 3.05) is 0 Å². The lowest BCUT2D eigenvalue weighted by molar-refractivity contribution is 0.573. The second kappa shape index (κ2) is 3.74. The molecule has 0 saturated carbocycles. The Morgan fingerprint density at radius 1 is 1.27 bits per heavy atom. The van der Waals surface area contributed by atoms with Crippen LogP contribution in [0.4, 0.5) is 0 Å². The molecule has 2 aromatic heterocycles. The monoisotopic (exact) mass is 218 g/mol. The lowest BCUT2D eigenvalue weighted by Crippen LogP contribution is -2.11. The molecular formula is C12H14N2S. The molecule has 0 N–H and O–H groups in total. The van der Waals surface area contributed by atoms with Gasteiger partial charge in [-0.15, -0.1) is 11.3 Å². The molecule has 0 bridgehead atoms. The summed E-state index contributed by atoms with van der Waals surface area (Å²) in [5.41, 5.74) is 2.36. The van der Waals surface area contributed by atoms with Crippen LogP contribution in [0.1, 0.15) is 26.5 Å². The van der Waals surface area contributed by atoms with Crippen LogP contribution in [-0.2, 0) is 5.41 Å². The maximum Gasteiger partial charge on any atom is 0.125 e. The minimum absolute atomic E-state index is 0.122. The molecule has 0 fully saturated rings. The molecule has 0 amide bonds. The van der Waals surface area contributed by atoms with E-state index in [0.717, 1.165) is 16.3 Å². The first-order valence-corrected chi connectivity index (χ1v) is 5.82. The van der Waals surface area contributed by atoms with Crippen molar-refractivity contribution in [3.8, 4) is 10.6 Å². The number of thiazole rings is 1. The summed E-state index contributed by atoms with van der Waals surface area (Å²) in [6, 6.07) is 3.98. The molecule has 0 saturated heterocycles. The molecule has 0 unspecified atom stereocenters. The van der Waals surface area contributed by atoms with E-state index >= 15 is 0 Å². The van der Waals surface area contributed by atoms with Crippen LogP contribution in [0.15, 0.2) is 29.9 Å². The highest BCUT2D eigenvalue weighted by Gasteiger charge is 2.17.